The standard InChI is InChI=1S/C32H23N.C16H16N2/c1-22-18-27(23-13-15-24(16-14-23)31-12-6-7-17-33-31)21-28(19-22)32-29-10-4-2-8-25(29)20-26-9-3-5-11-30(26)32;1-18-16(14-10-6-3-7-11-14)12-15(17)13-8-4-2-5-9-13/h2-21H,1H3;2-12,15H,1,17H2/b;16-12-. The number of nitrogens with two attached hydrogens (primary N) is 1. The monoisotopic (exact) mass is 657 g/mol. The van der Waals surface area contributed by atoms with Crippen LogP contribution in [0.15, 0.2) is 193 Å². The maximum Gasteiger partial charge on any atom is 0.0701 e. The van der Waals surface area contributed by atoms with Gasteiger partial charge in [0, 0.05) is 11.8 Å². The van der Waals surface area contributed by atoms with Crippen LogP contribution in [-0.4, -0.2) is 11.7 Å². The number of pyridine rings is 1. The topological polar surface area (TPSA) is 51.3 Å². The van der Waals surface area contributed by atoms with Crippen LogP contribution in [0.25, 0.3) is 60.8 Å². The molecule has 0 spiro atoms. The lowest BCUT2D eigenvalue weighted by atomic mass is 9.89. The fourth-order valence-electron chi connectivity index (χ4n) is 6.58. The average molecular weight is 658 g/mol. The van der Waals surface area contributed by atoms with E-state index in [2.05, 4.69) is 121 Å². The number of hydrogen-bond acceptors (Lipinski definition) is 3. The number of aromatic nitrogens is 1. The largest absolute Gasteiger partial charge is 0.321 e. The summed E-state index contributed by atoms with van der Waals surface area (Å²) >= 11 is 0. The lowest BCUT2D eigenvalue weighted by molar-refractivity contribution is 0.911. The third-order valence-corrected chi connectivity index (χ3v) is 9.08. The van der Waals surface area contributed by atoms with Crippen LogP contribution in [-0.2, 0) is 0 Å². The fourth-order valence-corrected chi connectivity index (χ4v) is 6.58. The van der Waals surface area contributed by atoms with Crippen LogP contribution in [0, 0.1) is 6.92 Å². The zero-order valence-electron chi connectivity index (χ0n) is 28.7. The first-order chi connectivity index (χ1) is 25.1. The Hall–Kier alpha value is -6.42. The van der Waals surface area contributed by atoms with Crippen molar-refractivity contribution in [2.45, 2.75) is 13.0 Å². The van der Waals surface area contributed by atoms with E-state index in [4.69, 9.17) is 5.73 Å². The maximum absolute atomic E-state index is 6.14. The van der Waals surface area contributed by atoms with Crippen molar-refractivity contribution in [1.29, 1.82) is 0 Å². The highest BCUT2D eigenvalue weighted by Gasteiger charge is 2.12. The van der Waals surface area contributed by atoms with Gasteiger partial charge in [-0.1, -0.05) is 152 Å². The molecular formula is C48H39N3. The summed E-state index contributed by atoms with van der Waals surface area (Å²) in [4.78, 5) is 8.53. The lowest BCUT2D eigenvalue weighted by Gasteiger charge is -2.14. The molecule has 3 nitrogen and oxygen atoms in total. The number of benzene rings is 7. The van der Waals surface area contributed by atoms with Crippen molar-refractivity contribution < 1.29 is 0 Å². The molecule has 1 heterocycles. The SMILES string of the molecule is C=N/C(=C\C(N)c1ccccc1)c1ccccc1.Cc1cc(-c2ccc(-c3ccccn3)cc2)cc(-c2c3ccccc3cc3ccccc23)c1. The van der Waals surface area contributed by atoms with E-state index in [-0.39, 0.29) is 6.04 Å². The number of hydrogen-bond donors (Lipinski definition) is 1. The van der Waals surface area contributed by atoms with Crippen LogP contribution in [0.4, 0.5) is 0 Å². The molecule has 0 radical (unpaired) electrons. The summed E-state index contributed by atoms with van der Waals surface area (Å²) in [5, 5.41) is 5.12. The smallest absolute Gasteiger partial charge is 0.0701 e. The summed E-state index contributed by atoms with van der Waals surface area (Å²) in [6, 6.07) is 61.0. The minimum absolute atomic E-state index is 0.174. The second kappa shape index (κ2) is 15.4. The Morgan fingerprint density at radius 1 is 0.588 bits per heavy atom. The van der Waals surface area contributed by atoms with Crippen LogP contribution in [0.1, 0.15) is 22.7 Å². The molecule has 8 aromatic rings. The van der Waals surface area contributed by atoms with E-state index in [1.807, 2.05) is 91.1 Å². The molecule has 0 amide bonds. The van der Waals surface area contributed by atoms with E-state index in [0.29, 0.717) is 0 Å². The van der Waals surface area contributed by atoms with Crippen molar-refractivity contribution >= 4 is 34.0 Å². The molecule has 3 heteroatoms. The van der Waals surface area contributed by atoms with Crippen LogP contribution in [0.3, 0.4) is 0 Å². The maximum atomic E-state index is 6.14. The Morgan fingerprint density at radius 2 is 1.16 bits per heavy atom. The van der Waals surface area contributed by atoms with Gasteiger partial charge in [-0.3, -0.25) is 9.98 Å². The van der Waals surface area contributed by atoms with Gasteiger partial charge in [0.15, 0.2) is 0 Å². The quantitative estimate of drug-likeness (QED) is 0.137. The molecule has 7 aromatic carbocycles. The molecule has 246 valence electrons. The van der Waals surface area contributed by atoms with Crippen molar-refractivity contribution in [3.63, 3.8) is 0 Å². The molecule has 0 aliphatic rings. The van der Waals surface area contributed by atoms with Crippen LogP contribution in [0.2, 0.25) is 0 Å². The van der Waals surface area contributed by atoms with Crippen molar-refractivity contribution in [1.82, 2.24) is 4.98 Å². The first-order valence-electron chi connectivity index (χ1n) is 17.2. The summed E-state index contributed by atoms with van der Waals surface area (Å²) in [7, 11) is 0. The van der Waals surface area contributed by atoms with Gasteiger partial charge in [-0.25, -0.2) is 0 Å². The van der Waals surface area contributed by atoms with Crippen molar-refractivity contribution in [2.75, 3.05) is 0 Å². The van der Waals surface area contributed by atoms with Crippen LogP contribution < -0.4 is 5.73 Å². The molecule has 51 heavy (non-hydrogen) atoms. The van der Waals surface area contributed by atoms with E-state index >= 15 is 0 Å². The van der Waals surface area contributed by atoms with Gasteiger partial charge in [-0.05, 0) is 104 Å². The summed E-state index contributed by atoms with van der Waals surface area (Å²) in [6.07, 6.45) is 3.77. The summed E-state index contributed by atoms with van der Waals surface area (Å²) < 4.78 is 0. The molecule has 0 bridgehead atoms. The normalized spacial score (nSPS) is 11.8. The Kier molecular flexibility index (Phi) is 10.0. The van der Waals surface area contributed by atoms with E-state index in [1.54, 1.807) is 0 Å². The average Bonchev–Trinajstić information content (AvgIpc) is 3.20. The van der Waals surface area contributed by atoms with Gasteiger partial charge in [0.05, 0.1) is 17.4 Å². The summed E-state index contributed by atoms with van der Waals surface area (Å²) in [6.45, 7) is 5.79. The first-order valence-corrected chi connectivity index (χ1v) is 17.2. The molecule has 1 unspecified atom stereocenters. The molecule has 2 N–H and O–H groups in total. The molecule has 8 rings (SSSR count). The Morgan fingerprint density at radius 3 is 1.78 bits per heavy atom. The Balaban J connectivity index is 0.000000191. The fraction of sp³-hybridized carbons (Fsp3) is 0.0417. The third-order valence-electron chi connectivity index (χ3n) is 9.08. The number of fused-ring (bicyclic) bond motifs is 2. The summed E-state index contributed by atoms with van der Waals surface area (Å²) in [5.74, 6) is 0. The Bertz CT molecular complexity index is 2380. The van der Waals surface area contributed by atoms with Crippen LogP contribution in [0.5, 0.6) is 0 Å². The molecule has 1 aromatic heterocycles. The predicted molar refractivity (Wildman–Crippen MR) is 218 cm³/mol. The third kappa shape index (κ3) is 7.60. The van der Waals surface area contributed by atoms with Crippen molar-refractivity contribution in [2.24, 2.45) is 10.7 Å². The molecule has 0 saturated heterocycles. The van der Waals surface area contributed by atoms with Gasteiger partial charge in [0.1, 0.15) is 0 Å². The molecule has 0 fully saturated rings. The second-order valence-electron chi connectivity index (χ2n) is 12.6. The highest BCUT2D eigenvalue weighted by molar-refractivity contribution is 6.13. The minimum Gasteiger partial charge on any atom is -0.321 e. The van der Waals surface area contributed by atoms with Gasteiger partial charge in [0.2, 0.25) is 0 Å². The second-order valence-corrected chi connectivity index (χ2v) is 12.6. The van der Waals surface area contributed by atoms with Crippen molar-refractivity contribution in [3.05, 3.63) is 205 Å². The van der Waals surface area contributed by atoms with Gasteiger partial charge in [0.25, 0.3) is 0 Å². The van der Waals surface area contributed by atoms with E-state index in [0.717, 1.165) is 28.1 Å². The number of nitrogens with zero attached hydrogens (tertiary/aromatic N) is 2. The van der Waals surface area contributed by atoms with Crippen LogP contribution >= 0.6 is 0 Å². The zero-order chi connectivity index (χ0) is 35.0. The molecular weight excluding hydrogens is 619 g/mol. The number of aliphatic imine (C=N–C) groups is 1. The van der Waals surface area contributed by atoms with Gasteiger partial charge in [-0.2, -0.15) is 0 Å². The zero-order valence-corrected chi connectivity index (χ0v) is 28.7. The molecule has 0 aliphatic carbocycles. The number of rotatable bonds is 7. The summed E-state index contributed by atoms with van der Waals surface area (Å²) in [5.41, 5.74) is 17.4. The number of aryl methyl sites for hydroxylation is 1. The van der Waals surface area contributed by atoms with Gasteiger partial charge >= 0.3 is 0 Å². The van der Waals surface area contributed by atoms with Crippen molar-refractivity contribution in [3.8, 4) is 33.5 Å². The predicted octanol–water partition coefficient (Wildman–Crippen LogP) is 12.1. The lowest BCUT2D eigenvalue weighted by Crippen LogP contribution is -2.07. The van der Waals surface area contributed by atoms with E-state index < -0.39 is 0 Å². The van der Waals surface area contributed by atoms with Gasteiger partial charge in [-0.15, -0.1) is 0 Å². The minimum atomic E-state index is -0.174. The molecule has 0 saturated carbocycles. The van der Waals surface area contributed by atoms with E-state index in [9.17, 15) is 0 Å². The highest BCUT2D eigenvalue weighted by Crippen LogP contribution is 2.38. The van der Waals surface area contributed by atoms with Gasteiger partial charge < -0.3 is 5.73 Å². The Labute approximate surface area is 300 Å². The first kappa shape index (κ1) is 33.1. The van der Waals surface area contributed by atoms with E-state index in [1.165, 1.54) is 49.4 Å². The molecule has 0 aliphatic heterocycles. The molecule has 1 atom stereocenters. The highest BCUT2D eigenvalue weighted by atomic mass is 14.7.